The average molecular weight is 220 g/mol. The molecule has 0 saturated heterocycles. The molecular formula is C13H20N2O. The summed E-state index contributed by atoms with van der Waals surface area (Å²) in [5.74, 6) is 1.65. The smallest absolute Gasteiger partial charge is 0.126 e. The zero-order chi connectivity index (χ0) is 11.4. The summed E-state index contributed by atoms with van der Waals surface area (Å²) in [6.45, 7) is 2.98. The Labute approximate surface area is 96.9 Å². The van der Waals surface area contributed by atoms with Gasteiger partial charge in [-0.25, -0.2) is 4.98 Å². The molecule has 0 amide bonds. The number of hydrogen-bond acceptors (Lipinski definition) is 3. The highest BCUT2D eigenvalue weighted by atomic mass is 16.3. The topological polar surface area (TPSA) is 45.1 Å². The molecule has 0 atom stereocenters. The highest BCUT2D eigenvalue weighted by molar-refractivity contribution is 5.34. The van der Waals surface area contributed by atoms with Crippen LogP contribution in [0.25, 0.3) is 0 Å². The van der Waals surface area contributed by atoms with Crippen molar-refractivity contribution in [1.82, 2.24) is 4.98 Å². The number of aryl methyl sites for hydroxylation is 1. The van der Waals surface area contributed by atoms with E-state index in [0.29, 0.717) is 5.92 Å². The summed E-state index contributed by atoms with van der Waals surface area (Å²) in [6, 6.07) is 6.03. The van der Waals surface area contributed by atoms with Crippen molar-refractivity contribution in [1.29, 1.82) is 0 Å². The third-order valence-electron chi connectivity index (χ3n) is 3.28. The van der Waals surface area contributed by atoms with Gasteiger partial charge in [0.1, 0.15) is 5.82 Å². The van der Waals surface area contributed by atoms with Crippen LogP contribution in [0, 0.1) is 12.8 Å². The lowest BCUT2D eigenvalue weighted by Crippen LogP contribution is -2.23. The average Bonchev–Trinajstić information content (AvgIpc) is 2.28. The summed E-state index contributed by atoms with van der Waals surface area (Å²) in [7, 11) is 0. The summed E-state index contributed by atoms with van der Waals surface area (Å²) in [5.41, 5.74) is 1.05. The molecule has 0 aliphatic heterocycles. The van der Waals surface area contributed by atoms with Crippen LogP contribution in [0.1, 0.15) is 31.4 Å². The van der Waals surface area contributed by atoms with Gasteiger partial charge in [-0.05, 0) is 50.7 Å². The Bertz CT molecular complexity index is 332. The summed E-state index contributed by atoms with van der Waals surface area (Å²) in [6.07, 6.45) is 4.09. The molecule has 1 aromatic heterocycles. The first-order valence-electron chi connectivity index (χ1n) is 6.09. The summed E-state index contributed by atoms with van der Waals surface area (Å²) >= 11 is 0. The Morgan fingerprint density at radius 2 is 2.06 bits per heavy atom. The predicted molar refractivity (Wildman–Crippen MR) is 65.4 cm³/mol. The van der Waals surface area contributed by atoms with Gasteiger partial charge in [-0.1, -0.05) is 6.07 Å². The Morgan fingerprint density at radius 3 is 2.75 bits per heavy atom. The second kappa shape index (κ2) is 5.30. The quantitative estimate of drug-likeness (QED) is 0.822. The normalized spacial score (nSPS) is 25.4. The zero-order valence-electron chi connectivity index (χ0n) is 9.82. The number of rotatable bonds is 3. The predicted octanol–water partition coefficient (Wildman–Crippen LogP) is 2.35. The number of anilines is 1. The van der Waals surface area contributed by atoms with Crippen LogP contribution >= 0.6 is 0 Å². The van der Waals surface area contributed by atoms with Gasteiger partial charge in [0.05, 0.1) is 6.10 Å². The van der Waals surface area contributed by atoms with E-state index >= 15 is 0 Å². The number of pyridine rings is 1. The van der Waals surface area contributed by atoms with Crippen LogP contribution in [0.4, 0.5) is 5.82 Å². The van der Waals surface area contributed by atoms with Crippen molar-refractivity contribution in [3.63, 3.8) is 0 Å². The van der Waals surface area contributed by atoms with Crippen LogP contribution in [0.3, 0.4) is 0 Å². The molecule has 0 aromatic carbocycles. The van der Waals surface area contributed by atoms with Gasteiger partial charge in [0, 0.05) is 12.2 Å². The molecular weight excluding hydrogens is 200 g/mol. The van der Waals surface area contributed by atoms with E-state index in [1.54, 1.807) is 0 Å². The molecule has 1 heterocycles. The SMILES string of the molecule is Cc1cccc(NCC2CCC(O)CC2)n1. The summed E-state index contributed by atoms with van der Waals surface area (Å²) in [5, 5.41) is 12.8. The van der Waals surface area contributed by atoms with E-state index < -0.39 is 0 Å². The molecule has 2 N–H and O–H groups in total. The van der Waals surface area contributed by atoms with E-state index in [9.17, 15) is 5.11 Å². The number of nitrogens with zero attached hydrogens (tertiary/aromatic N) is 1. The van der Waals surface area contributed by atoms with Crippen molar-refractivity contribution in [3.8, 4) is 0 Å². The van der Waals surface area contributed by atoms with Gasteiger partial charge in [0.25, 0.3) is 0 Å². The summed E-state index contributed by atoms with van der Waals surface area (Å²) < 4.78 is 0. The van der Waals surface area contributed by atoms with E-state index in [0.717, 1.165) is 43.7 Å². The van der Waals surface area contributed by atoms with Crippen molar-refractivity contribution >= 4 is 5.82 Å². The number of nitrogens with one attached hydrogen (secondary N) is 1. The van der Waals surface area contributed by atoms with Gasteiger partial charge < -0.3 is 10.4 Å². The van der Waals surface area contributed by atoms with Crippen molar-refractivity contribution in [2.45, 2.75) is 38.7 Å². The lowest BCUT2D eigenvalue weighted by Gasteiger charge is -2.25. The molecule has 0 spiro atoms. The van der Waals surface area contributed by atoms with E-state index in [4.69, 9.17) is 0 Å². The Kier molecular flexibility index (Phi) is 3.78. The van der Waals surface area contributed by atoms with E-state index in [1.807, 2.05) is 25.1 Å². The molecule has 16 heavy (non-hydrogen) atoms. The second-order valence-corrected chi connectivity index (χ2v) is 4.72. The molecule has 3 nitrogen and oxygen atoms in total. The van der Waals surface area contributed by atoms with E-state index in [1.165, 1.54) is 0 Å². The summed E-state index contributed by atoms with van der Waals surface area (Å²) in [4.78, 5) is 4.41. The zero-order valence-corrected chi connectivity index (χ0v) is 9.82. The van der Waals surface area contributed by atoms with Gasteiger partial charge in [-0.3, -0.25) is 0 Å². The van der Waals surface area contributed by atoms with Crippen LogP contribution in [0.15, 0.2) is 18.2 Å². The fraction of sp³-hybridized carbons (Fsp3) is 0.615. The van der Waals surface area contributed by atoms with Gasteiger partial charge >= 0.3 is 0 Å². The minimum atomic E-state index is -0.0617. The molecule has 0 unspecified atom stereocenters. The molecule has 88 valence electrons. The first-order valence-corrected chi connectivity index (χ1v) is 6.09. The van der Waals surface area contributed by atoms with Crippen LogP contribution in [-0.2, 0) is 0 Å². The van der Waals surface area contributed by atoms with E-state index in [-0.39, 0.29) is 6.10 Å². The largest absolute Gasteiger partial charge is 0.393 e. The van der Waals surface area contributed by atoms with Crippen LogP contribution in [0.5, 0.6) is 0 Å². The molecule has 1 fully saturated rings. The monoisotopic (exact) mass is 220 g/mol. The van der Waals surface area contributed by atoms with Gasteiger partial charge in [-0.2, -0.15) is 0 Å². The highest BCUT2D eigenvalue weighted by Gasteiger charge is 2.18. The molecule has 0 bridgehead atoms. The lowest BCUT2D eigenvalue weighted by molar-refractivity contribution is 0.111. The fourth-order valence-electron chi connectivity index (χ4n) is 2.24. The molecule has 3 heteroatoms. The minimum absolute atomic E-state index is 0.0617. The van der Waals surface area contributed by atoms with Crippen molar-refractivity contribution in [2.75, 3.05) is 11.9 Å². The Hall–Kier alpha value is -1.09. The maximum atomic E-state index is 9.42. The first kappa shape index (κ1) is 11.4. The molecule has 1 aromatic rings. The second-order valence-electron chi connectivity index (χ2n) is 4.72. The Morgan fingerprint density at radius 1 is 1.31 bits per heavy atom. The minimum Gasteiger partial charge on any atom is -0.393 e. The fourth-order valence-corrected chi connectivity index (χ4v) is 2.24. The maximum Gasteiger partial charge on any atom is 0.126 e. The van der Waals surface area contributed by atoms with E-state index in [2.05, 4.69) is 10.3 Å². The maximum absolute atomic E-state index is 9.42. The highest BCUT2D eigenvalue weighted by Crippen LogP contribution is 2.24. The van der Waals surface area contributed by atoms with Crippen LogP contribution in [-0.4, -0.2) is 22.7 Å². The number of aromatic nitrogens is 1. The van der Waals surface area contributed by atoms with Crippen molar-refractivity contribution < 1.29 is 5.11 Å². The van der Waals surface area contributed by atoms with Gasteiger partial charge in [0.15, 0.2) is 0 Å². The van der Waals surface area contributed by atoms with Crippen LogP contribution < -0.4 is 5.32 Å². The van der Waals surface area contributed by atoms with Crippen LogP contribution in [0.2, 0.25) is 0 Å². The number of aliphatic hydroxyl groups excluding tert-OH is 1. The van der Waals surface area contributed by atoms with Crippen molar-refractivity contribution in [2.24, 2.45) is 5.92 Å². The molecule has 0 radical (unpaired) electrons. The third kappa shape index (κ3) is 3.20. The number of hydrogen-bond donors (Lipinski definition) is 2. The van der Waals surface area contributed by atoms with Crippen molar-refractivity contribution in [3.05, 3.63) is 23.9 Å². The standard InChI is InChI=1S/C13H20N2O/c1-10-3-2-4-13(15-10)14-9-11-5-7-12(16)8-6-11/h2-4,11-12,16H,5-9H2,1H3,(H,14,15). The third-order valence-corrected chi connectivity index (χ3v) is 3.28. The molecule has 1 aliphatic carbocycles. The first-order chi connectivity index (χ1) is 7.74. The van der Waals surface area contributed by atoms with Gasteiger partial charge in [-0.15, -0.1) is 0 Å². The Balaban J connectivity index is 1.79. The molecule has 1 saturated carbocycles. The van der Waals surface area contributed by atoms with Gasteiger partial charge in [0.2, 0.25) is 0 Å². The lowest BCUT2D eigenvalue weighted by atomic mass is 9.87. The number of aliphatic hydroxyl groups is 1. The molecule has 1 aliphatic rings. The molecule has 2 rings (SSSR count).